The van der Waals surface area contributed by atoms with Crippen LogP contribution in [-0.4, -0.2) is 72.7 Å². The fourth-order valence-corrected chi connectivity index (χ4v) is 3.96. The van der Waals surface area contributed by atoms with Crippen molar-refractivity contribution in [2.45, 2.75) is 12.6 Å². The Labute approximate surface area is 181 Å². The van der Waals surface area contributed by atoms with Gasteiger partial charge in [-0.15, -0.1) is 0 Å². The molecule has 2 N–H and O–H groups in total. The summed E-state index contributed by atoms with van der Waals surface area (Å²) >= 11 is 0. The first-order valence-corrected chi connectivity index (χ1v) is 10.5. The molecule has 31 heavy (non-hydrogen) atoms. The molecule has 0 spiro atoms. The number of aryl methyl sites for hydroxylation is 1. The van der Waals surface area contributed by atoms with E-state index in [9.17, 15) is 9.59 Å². The highest BCUT2D eigenvalue weighted by atomic mass is 16.7. The van der Waals surface area contributed by atoms with Crippen LogP contribution in [0.3, 0.4) is 0 Å². The van der Waals surface area contributed by atoms with Crippen molar-refractivity contribution in [3.8, 4) is 11.5 Å². The normalized spacial score (nSPS) is 17.4. The Hall–Kier alpha value is -3.04. The Bertz CT molecular complexity index is 936. The highest BCUT2D eigenvalue weighted by Gasteiger charge is 2.27. The van der Waals surface area contributed by atoms with Gasteiger partial charge >= 0.3 is 11.8 Å². The standard InChI is InChI=1S/C22H29N5O4/c1-25-8-10-27(11-9-25)18(17-4-3-7-26(17)2)14-24-22(29)21(28)23-13-16-5-6-19-20(12-16)31-15-30-19/h3-7,12,18H,8-11,13-15H2,1-2H3,(H,23,28)(H,24,29)/t18-/m1/s1. The van der Waals surface area contributed by atoms with Gasteiger partial charge in [-0.05, 0) is 36.9 Å². The van der Waals surface area contributed by atoms with Gasteiger partial charge in [-0.25, -0.2) is 0 Å². The van der Waals surface area contributed by atoms with E-state index in [0.717, 1.165) is 37.4 Å². The van der Waals surface area contributed by atoms with E-state index >= 15 is 0 Å². The maximum Gasteiger partial charge on any atom is 0.309 e. The summed E-state index contributed by atoms with van der Waals surface area (Å²) in [6, 6.07) is 9.51. The summed E-state index contributed by atoms with van der Waals surface area (Å²) in [6.45, 7) is 4.59. The Morgan fingerprint density at radius 2 is 1.74 bits per heavy atom. The van der Waals surface area contributed by atoms with Crippen LogP contribution in [0, 0.1) is 0 Å². The molecule has 1 aromatic carbocycles. The third-order valence-corrected chi connectivity index (χ3v) is 5.86. The van der Waals surface area contributed by atoms with E-state index < -0.39 is 11.8 Å². The lowest BCUT2D eigenvalue weighted by molar-refractivity contribution is -0.139. The predicted octanol–water partition coefficient (Wildman–Crippen LogP) is 0.475. The zero-order valence-electron chi connectivity index (χ0n) is 18.0. The van der Waals surface area contributed by atoms with E-state index in [4.69, 9.17) is 9.47 Å². The Morgan fingerprint density at radius 1 is 1.00 bits per heavy atom. The molecule has 1 atom stereocenters. The predicted molar refractivity (Wildman–Crippen MR) is 115 cm³/mol. The molecule has 4 rings (SSSR count). The second-order valence-electron chi connectivity index (χ2n) is 7.98. The number of nitrogens with zero attached hydrogens (tertiary/aromatic N) is 3. The number of rotatable bonds is 6. The largest absolute Gasteiger partial charge is 0.454 e. The van der Waals surface area contributed by atoms with E-state index in [0.29, 0.717) is 18.0 Å². The molecule has 1 saturated heterocycles. The molecule has 2 aromatic rings. The lowest BCUT2D eigenvalue weighted by Gasteiger charge is -2.38. The maximum absolute atomic E-state index is 12.4. The van der Waals surface area contributed by atoms with Gasteiger partial charge in [0.2, 0.25) is 6.79 Å². The van der Waals surface area contributed by atoms with E-state index in [2.05, 4.69) is 38.1 Å². The van der Waals surface area contributed by atoms with Gasteiger partial charge in [0.1, 0.15) is 0 Å². The Balaban J connectivity index is 1.32. The molecule has 0 radical (unpaired) electrons. The summed E-state index contributed by atoms with van der Waals surface area (Å²) in [5, 5.41) is 5.49. The van der Waals surface area contributed by atoms with Crippen LogP contribution in [0.5, 0.6) is 11.5 Å². The van der Waals surface area contributed by atoms with E-state index in [1.165, 1.54) is 0 Å². The SMILES string of the molecule is CN1CCN([C@H](CNC(=O)C(=O)NCc2ccc3c(c2)OCO3)c2cccn2C)CC1. The number of carbonyl (C=O) groups is 2. The van der Waals surface area contributed by atoms with Crippen molar-refractivity contribution in [3.05, 3.63) is 47.8 Å². The van der Waals surface area contributed by atoms with E-state index in [1.807, 2.05) is 25.4 Å². The number of nitrogens with one attached hydrogen (secondary N) is 2. The minimum atomic E-state index is -0.651. The molecule has 3 heterocycles. The van der Waals surface area contributed by atoms with Crippen LogP contribution in [0.25, 0.3) is 0 Å². The van der Waals surface area contributed by atoms with Gasteiger partial charge in [0.05, 0.1) is 6.04 Å². The molecule has 0 bridgehead atoms. The number of fused-ring (bicyclic) bond motifs is 1. The number of amides is 2. The van der Waals surface area contributed by atoms with E-state index in [1.54, 1.807) is 12.1 Å². The summed E-state index contributed by atoms with van der Waals surface area (Å²) in [7, 11) is 4.11. The molecule has 0 unspecified atom stereocenters. The molecule has 9 heteroatoms. The highest BCUT2D eigenvalue weighted by molar-refractivity contribution is 6.35. The smallest absolute Gasteiger partial charge is 0.309 e. The number of hydrogen-bond donors (Lipinski definition) is 2. The number of aromatic nitrogens is 1. The Kier molecular flexibility index (Phi) is 6.43. The van der Waals surface area contributed by atoms with Gasteiger partial charge in [0.25, 0.3) is 0 Å². The molecule has 9 nitrogen and oxygen atoms in total. The first-order valence-electron chi connectivity index (χ1n) is 10.5. The van der Waals surface area contributed by atoms with Crippen molar-refractivity contribution in [1.29, 1.82) is 0 Å². The third-order valence-electron chi connectivity index (χ3n) is 5.86. The summed E-state index contributed by atoms with van der Waals surface area (Å²) in [5.74, 6) is 0.0491. The summed E-state index contributed by atoms with van der Waals surface area (Å²) in [4.78, 5) is 29.4. The van der Waals surface area contributed by atoms with Gasteiger partial charge < -0.3 is 29.6 Å². The third kappa shape index (κ3) is 5.00. The fourth-order valence-electron chi connectivity index (χ4n) is 3.96. The van der Waals surface area contributed by atoms with Crippen molar-refractivity contribution < 1.29 is 19.1 Å². The van der Waals surface area contributed by atoms with Crippen molar-refractivity contribution in [2.75, 3.05) is 46.6 Å². The molecule has 0 aliphatic carbocycles. The van der Waals surface area contributed by atoms with Crippen LogP contribution in [0.1, 0.15) is 17.3 Å². The lowest BCUT2D eigenvalue weighted by atomic mass is 10.1. The first kappa shape index (κ1) is 21.2. The van der Waals surface area contributed by atoms with Gasteiger partial charge in [-0.1, -0.05) is 6.07 Å². The average Bonchev–Trinajstić information content (AvgIpc) is 3.41. The summed E-state index contributed by atoms with van der Waals surface area (Å²) in [5.41, 5.74) is 1.95. The molecule has 2 aliphatic rings. The first-order chi connectivity index (χ1) is 15.0. The minimum absolute atomic E-state index is 0.0132. The van der Waals surface area contributed by atoms with Crippen molar-refractivity contribution >= 4 is 11.8 Å². The van der Waals surface area contributed by atoms with Gasteiger partial charge in [0.15, 0.2) is 11.5 Å². The summed E-state index contributed by atoms with van der Waals surface area (Å²) in [6.07, 6.45) is 2.00. The zero-order chi connectivity index (χ0) is 21.8. The molecule has 1 fully saturated rings. The fraction of sp³-hybridized carbons (Fsp3) is 0.455. The second kappa shape index (κ2) is 9.40. The number of hydrogen-bond acceptors (Lipinski definition) is 6. The molecule has 166 valence electrons. The van der Waals surface area contributed by atoms with Crippen molar-refractivity contribution in [1.82, 2.24) is 25.0 Å². The second-order valence-corrected chi connectivity index (χ2v) is 7.98. The zero-order valence-corrected chi connectivity index (χ0v) is 18.0. The van der Waals surface area contributed by atoms with Crippen LogP contribution in [0.15, 0.2) is 36.5 Å². The van der Waals surface area contributed by atoms with Crippen LogP contribution in [-0.2, 0) is 23.2 Å². The van der Waals surface area contributed by atoms with Crippen LogP contribution in [0.2, 0.25) is 0 Å². The quantitative estimate of drug-likeness (QED) is 0.652. The average molecular weight is 428 g/mol. The Morgan fingerprint density at radius 3 is 2.48 bits per heavy atom. The number of carbonyl (C=O) groups excluding carboxylic acids is 2. The molecule has 2 aliphatic heterocycles. The monoisotopic (exact) mass is 427 g/mol. The maximum atomic E-state index is 12.4. The number of benzene rings is 1. The van der Waals surface area contributed by atoms with Gasteiger partial charge in [0, 0.05) is 58.2 Å². The van der Waals surface area contributed by atoms with Gasteiger partial charge in [-0.3, -0.25) is 14.5 Å². The molecule has 1 aromatic heterocycles. The topological polar surface area (TPSA) is 88.1 Å². The minimum Gasteiger partial charge on any atom is -0.454 e. The van der Waals surface area contributed by atoms with Crippen molar-refractivity contribution in [2.24, 2.45) is 7.05 Å². The highest BCUT2D eigenvalue weighted by Crippen LogP contribution is 2.32. The number of ether oxygens (including phenoxy) is 2. The molecule has 0 saturated carbocycles. The molecular weight excluding hydrogens is 398 g/mol. The summed E-state index contributed by atoms with van der Waals surface area (Å²) < 4.78 is 12.7. The molecular formula is C22H29N5O4. The van der Waals surface area contributed by atoms with Gasteiger partial charge in [-0.2, -0.15) is 0 Å². The van der Waals surface area contributed by atoms with Crippen LogP contribution < -0.4 is 20.1 Å². The van der Waals surface area contributed by atoms with Crippen LogP contribution >= 0.6 is 0 Å². The number of likely N-dealkylation sites (N-methyl/N-ethyl adjacent to an activating group) is 1. The van der Waals surface area contributed by atoms with Crippen LogP contribution in [0.4, 0.5) is 0 Å². The van der Waals surface area contributed by atoms with E-state index in [-0.39, 0.29) is 19.4 Å². The number of piperazine rings is 1. The van der Waals surface area contributed by atoms with Crippen molar-refractivity contribution in [3.63, 3.8) is 0 Å². The molecule has 2 amide bonds. The lowest BCUT2D eigenvalue weighted by Crippen LogP contribution is -2.50.